The van der Waals surface area contributed by atoms with Gasteiger partial charge in [-0.2, -0.15) is 0 Å². The van der Waals surface area contributed by atoms with Gasteiger partial charge in [0.05, 0.1) is 0 Å². The molecule has 0 spiro atoms. The van der Waals surface area contributed by atoms with Gasteiger partial charge in [-0.25, -0.2) is 4.99 Å². The maximum absolute atomic E-state index is 4.31. The van der Waals surface area contributed by atoms with Crippen molar-refractivity contribution < 1.29 is 0 Å². The minimum atomic E-state index is 0.992. The molecule has 2 heteroatoms. The van der Waals surface area contributed by atoms with Crippen LogP contribution in [-0.2, 0) is 0 Å². The Labute approximate surface area is 88.0 Å². The Hall–Kier alpha value is -1.05. The van der Waals surface area contributed by atoms with E-state index in [0.717, 1.165) is 18.8 Å². The van der Waals surface area contributed by atoms with Gasteiger partial charge in [0.2, 0.25) is 0 Å². The summed E-state index contributed by atoms with van der Waals surface area (Å²) >= 11 is 0. The van der Waals surface area contributed by atoms with Gasteiger partial charge in [0.25, 0.3) is 0 Å². The third-order valence-electron chi connectivity index (χ3n) is 1.93. The highest BCUT2D eigenvalue weighted by Gasteiger charge is 2.09. The first kappa shape index (κ1) is 12.9. The molecule has 0 fully saturated rings. The predicted octanol–water partition coefficient (Wildman–Crippen LogP) is 3.57. The normalized spacial score (nSPS) is 17.6. The molecule has 0 aromatic carbocycles. The lowest BCUT2D eigenvalue weighted by atomic mass is 10.3. The molecule has 0 unspecified atom stereocenters. The van der Waals surface area contributed by atoms with Gasteiger partial charge in [-0.3, -0.25) is 0 Å². The zero-order valence-electron chi connectivity index (χ0n) is 10.0. The van der Waals surface area contributed by atoms with E-state index in [0.29, 0.717) is 0 Å². The van der Waals surface area contributed by atoms with Crippen molar-refractivity contribution in [2.45, 2.75) is 41.0 Å². The molecule has 0 aromatic heterocycles. The first-order chi connectivity index (χ1) is 6.79. The predicted molar refractivity (Wildman–Crippen MR) is 64.4 cm³/mol. The molecule has 0 saturated heterocycles. The molecule has 0 atom stereocenters. The summed E-state index contributed by atoms with van der Waals surface area (Å²) in [5.41, 5.74) is 1.27. The Balaban J connectivity index is 0.000000791. The summed E-state index contributed by atoms with van der Waals surface area (Å²) in [5.74, 6) is 1.08. The van der Waals surface area contributed by atoms with E-state index in [2.05, 4.69) is 36.7 Å². The first-order valence-electron chi connectivity index (χ1n) is 5.48. The molecule has 0 aromatic rings. The lowest BCUT2D eigenvalue weighted by Crippen LogP contribution is -2.22. The minimum Gasteiger partial charge on any atom is -0.331 e. The second-order valence-corrected chi connectivity index (χ2v) is 2.80. The summed E-state index contributed by atoms with van der Waals surface area (Å²) < 4.78 is 0. The van der Waals surface area contributed by atoms with Crippen LogP contribution in [0.4, 0.5) is 0 Å². The Morgan fingerprint density at radius 1 is 1.36 bits per heavy atom. The van der Waals surface area contributed by atoms with Gasteiger partial charge in [-0.1, -0.05) is 20.8 Å². The number of hydrogen-bond donors (Lipinski definition) is 0. The van der Waals surface area contributed by atoms with Crippen LogP contribution in [0.15, 0.2) is 28.7 Å². The zero-order chi connectivity index (χ0) is 11.0. The monoisotopic (exact) mass is 194 g/mol. The lowest BCUT2D eigenvalue weighted by molar-refractivity contribution is 0.442. The van der Waals surface area contributed by atoms with Crippen molar-refractivity contribution in [3.05, 3.63) is 23.7 Å². The van der Waals surface area contributed by atoms with Crippen LogP contribution in [0.5, 0.6) is 0 Å². The van der Waals surface area contributed by atoms with Gasteiger partial charge in [-0.05, 0) is 32.4 Å². The number of aliphatic imine (C=N–C) groups is 1. The smallest absolute Gasteiger partial charge is 0.128 e. The van der Waals surface area contributed by atoms with E-state index in [1.165, 1.54) is 5.70 Å². The maximum atomic E-state index is 4.31. The van der Waals surface area contributed by atoms with Gasteiger partial charge in [0.1, 0.15) is 5.82 Å². The van der Waals surface area contributed by atoms with Crippen molar-refractivity contribution >= 4 is 6.21 Å². The summed E-state index contributed by atoms with van der Waals surface area (Å²) in [7, 11) is 0. The summed E-state index contributed by atoms with van der Waals surface area (Å²) in [6.07, 6.45) is 7.09. The highest BCUT2D eigenvalue weighted by atomic mass is 15.2. The average Bonchev–Trinajstić information content (AvgIpc) is 2.22. The van der Waals surface area contributed by atoms with Crippen LogP contribution in [0, 0.1) is 0 Å². The standard InChI is InChI=1S/C10H16N2.C2H6/c1-4-6-10-11-8-7-9(3)12(10)5-2;1-2/h6-8H,4-5H2,1-3H3;1-2H3/b10-6-;. The molecule has 1 aliphatic heterocycles. The molecular formula is C12H22N2. The fraction of sp³-hybridized carbons (Fsp3) is 0.583. The minimum absolute atomic E-state index is 0.992. The third-order valence-corrected chi connectivity index (χ3v) is 1.93. The van der Waals surface area contributed by atoms with Gasteiger partial charge >= 0.3 is 0 Å². The van der Waals surface area contributed by atoms with Crippen molar-refractivity contribution in [2.24, 2.45) is 4.99 Å². The summed E-state index contributed by atoms with van der Waals surface area (Å²) in [4.78, 5) is 6.52. The number of hydrogen-bond acceptors (Lipinski definition) is 2. The van der Waals surface area contributed by atoms with Gasteiger partial charge in [0.15, 0.2) is 0 Å². The summed E-state index contributed by atoms with van der Waals surface area (Å²) in [6, 6.07) is 0. The van der Waals surface area contributed by atoms with Crippen molar-refractivity contribution in [2.75, 3.05) is 6.54 Å². The van der Waals surface area contributed by atoms with Crippen molar-refractivity contribution in [3.8, 4) is 0 Å². The number of allylic oxidation sites excluding steroid dienone is 3. The molecule has 1 rings (SSSR count). The molecule has 0 aliphatic carbocycles. The first-order valence-corrected chi connectivity index (χ1v) is 5.48. The van der Waals surface area contributed by atoms with Gasteiger partial charge in [-0.15, -0.1) is 0 Å². The van der Waals surface area contributed by atoms with E-state index < -0.39 is 0 Å². The molecule has 14 heavy (non-hydrogen) atoms. The highest BCUT2D eigenvalue weighted by molar-refractivity contribution is 5.74. The van der Waals surface area contributed by atoms with Gasteiger partial charge < -0.3 is 4.90 Å². The Morgan fingerprint density at radius 2 is 2.00 bits per heavy atom. The molecule has 80 valence electrons. The van der Waals surface area contributed by atoms with Crippen molar-refractivity contribution in [1.82, 2.24) is 4.90 Å². The maximum Gasteiger partial charge on any atom is 0.128 e. The molecule has 0 radical (unpaired) electrons. The topological polar surface area (TPSA) is 15.6 Å². The molecule has 0 bridgehead atoms. The summed E-state index contributed by atoms with van der Waals surface area (Å²) in [6.45, 7) is 11.4. The Bertz CT molecular complexity index is 237. The molecule has 2 nitrogen and oxygen atoms in total. The van der Waals surface area contributed by atoms with Crippen LogP contribution in [0.2, 0.25) is 0 Å². The third kappa shape index (κ3) is 3.36. The molecule has 0 saturated carbocycles. The van der Waals surface area contributed by atoms with Crippen LogP contribution >= 0.6 is 0 Å². The van der Waals surface area contributed by atoms with E-state index in [4.69, 9.17) is 0 Å². The average molecular weight is 194 g/mol. The van der Waals surface area contributed by atoms with Crippen molar-refractivity contribution in [3.63, 3.8) is 0 Å². The molecule has 0 amide bonds. The van der Waals surface area contributed by atoms with Crippen LogP contribution < -0.4 is 0 Å². The second kappa shape index (κ2) is 7.36. The lowest BCUT2D eigenvalue weighted by Gasteiger charge is -2.25. The second-order valence-electron chi connectivity index (χ2n) is 2.80. The number of rotatable bonds is 2. The Morgan fingerprint density at radius 3 is 2.50 bits per heavy atom. The van der Waals surface area contributed by atoms with Crippen molar-refractivity contribution in [1.29, 1.82) is 0 Å². The van der Waals surface area contributed by atoms with Crippen LogP contribution in [-0.4, -0.2) is 17.7 Å². The van der Waals surface area contributed by atoms with E-state index >= 15 is 0 Å². The fourth-order valence-corrected chi connectivity index (χ4v) is 1.32. The van der Waals surface area contributed by atoms with E-state index in [-0.39, 0.29) is 0 Å². The fourth-order valence-electron chi connectivity index (χ4n) is 1.32. The SMILES string of the molecule is CC.CC/C=C1/N=CC=C(C)N1CC. The van der Waals surface area contributed by atoms with Gasteiger partial charge in [0, 0.05) is 18.5 Å². The van der Waals surface area contributed by atoms with Crippen LogP contribution in [0.1, 0.15) is 41.0 Å². The Kier molecular flexibility index (Phi) is 6.81. The van der Waals surface area contributed by atoms with E-state index in [9.17, 15) is 0 Å². The van der Waals surface area contributed by atoms with E-state index in [1.807, 2.05) is 26.1 Å². The largest absolute Gasteiger partial charge is 0.331 e. The summed E-state index contributed by atoms with van der Waals surface area (Å²) in [5, 5.41) is 0. The molecular weight excluding hydrogens is 172 g/mol. The quantitative estimate of drug-likeness (QED) is 0.656. The van der Waals surface area contributed by atoms with Crippen LogP contribution in [0.25, 0.3) is 0 Å². The number of nitrogens with zero attached hydrogens (tertiary/aromatic N) is 2. The molecule has 1 aliphatic rings. The van der Waals surface area contributed by atoms with Crippen LogP contribution in [0.3, 0.4) is 0 Å². The molecule has 0 N–H and O–H groups in total. The highest BCUT2D eigenvalue weighted by Crippen LogP contribution is 2.16. The zero-order valence-corrected chi connectivity index (χ0v) is 10.0. The van der Waals surface area contributed by atoms with E-state index in [1.54, 1.807) is 0 Å². The molecule has 1 heterocycles.